The molecule has 0 amide bonds. The van der Waals surface area contributed by atoms with Crippen LogP contribution in [0.3, 0.4) is 0 Å². The van der Waals surface area contributed by atoms with E-state index in [-0.39, 0.29) is 5.82 Å². The Labute approximate surface area is 131 Å². The molecule has 0 atom stereocenters. The molecule has 3 rings (SSSR count). The van der Waals surface area contributed by atoms with E-state index in [1.807, 2.05) is 12.1 Å². The number of nitrogens with one attached hydrogen (secondary N) is 1. The van der Waals surface area contributed by atoms with Crippen LogP contribution < -0.4 is 5.32 Å². The molecule has 0 heterocycles. The van der Waals surface area contributed by atoms with Gasteiger partial charge in [0.1, 0.15) is 5.82 Å². The first-order valence-electron chi connectivity index (χ1n) is 6.61. The van der Waals surface area contributed by atoms with E-state index in [0.29, 0.717) is 23.2 Å². The van der Waals surface area contributed by atoms with Crippen LogP contribution in [0.2, 0.25) is 5.02 Å². The lowest BCUT2D eigenvalue weighted by Gasteiger charge is -2.12. The third kappa shape index (κ3) is 3.22. The van der Waals surface area contributed by atoms with Gasteiger partial charge in [0.05, 0.1) is 0 Å². The Hall–Kier alpha value is -0.900. The van der Waals surface area contributed by atoms with E-state index in [1.54, 1.807) is 18.2 Å². The second-order valence-electron chi connectivity index (χ2n) is 5.08. The molecule has 4 heteroatoms. The van der Waals surface area contributed by atoms with E-state index in [9.17, 15) is 4.39 Å². The molecular weight excluding hydrogens is 341 g/mol. The normalized spacial score (nSPS) is 14.6. The summed E-state index contributed by atoms with van der Waals surface area (Å²) in [5, 5.41) is 4.13. The van der Waals surface area contributed by atoms with Crippen LogP contribution >= 0.6 is 27.5 Å². The van der Waals surface area contributed by atoms with Gasteiger partial charge in [-0.15, -0.1) is 0 Å². The Morgan fingerprint density at radius 2 is 1.95 bits per heavy atom. The van der Waals surface area contributed by atoms with Crippen LogP contribution in [0.15, 0.2) is 40.9 Å². The largest absolute Gasteiger partial charge is 0.310 e. The van der Waals surface area contributed by atoms with Gasteiger partial charge in [-0.2, -0.15) is 0 Å². The van der Waals surface area contributed by atoms with Gasteiger partial charge in [0.25, 0.3) is 0 Å². The first-order chi connectivity index (χ1) is 9.63. The van der Waals surface area contributed by atoms with Gasteiger partial charge in [0.15, 0.2) is 0 Å². The highest BCUT2D eigenvalue weighted by molar-refractivity contribution is 9.10. The molecular formula is C16H14BrClFN. The first-order valence-corrected chi connectivity index (χ1v) is 7.78. The van der Waals surface area contributed by atoms with Crippen LogP contribution in [-0.2, 0) is 6.54 Å². The van der Waals surface area contributed by atoms with Gasteiger partial charge in [0, 0.05) is 27.6 Å². The van der Waals surface area contributed by atoms with Gasteiger partial charge in [-0.3, -0.25) is 0 Å². The maximum Gasteiger partial charge on any atom is 0.131 e. The monoisotopic (exact) mass is 353 g/mol. The Morgan fingerprint density at radius 3 is 2.70 bits per heavy atom. The summed E-state index contributed by atoms with van der Waals surface area (Å²) >= 11 is 9.47. The van der Waals surface area contributed by atoms with Gasteiger partial charge < -0.3 is 5.32 Å². The lowest BCUT2D eigenvalue weighted by molar-refractivity contribution is 0.630. The maximum atomic E-state index is 14.1. The second kappa shape index (κ2) is 5.84. The van der Waals surface area contributed by atoms with Crippen molar-refractivity contribution in [2.75, 3.05) is 0 Å². The van der Waals surface area contributed by atoms with Crippen molar-refractivity contribution in [2.45, 2.75) is 25.4 Å². The number of halogens is 3. The zero-order valence-electron chi connectivity index (χ0n) is 10.8. The highest BCUT2D eigenvalue weighted by Crippen LogP contribution is 2.31. The van der Waals surface area contributed by atoms with Crippen molar-refractivity contribution in [1.82, 2.24) is 5.32 Å². The van der Waals surface area contributed by atoms with Gasteiger partial charge in [-0.25, -0.2) is 4.39 Å². The quantitative estimate of drug-likeness (QED) is 0.799. The molecule has 1 fully saturated rings. The summed E-state index contributed by atoms with van der Waals surface area (Å²) in [6.07, 6.45) is 2.45. The average molecular weight is 355 g/mol. The van der Waals surface area contributed by atoms with Crippen LogP contribution in [0.1, 0.15) is 18.4 Å². The van der Waals surface area contributed by atoms with Crippen molar-refractivity contribution in [3.05, 3.63) is 57.3 Å². The zero-order chi connectivity index (χ0) is 14.1. The highest BCUT2D eigenvalue weighted by atomic mass is 79.9. The van der Waals surface area contributed by atoms with E-state index in [1.165, 1.54) is 18.9 Å². The third-order valence-corrected chi connectivity index (χ3v) is 4.17. The maximum absolute atomic E-state index is 14.1. The molecule has 20 heavy (non-hydrogen) atoms. The number of rotatable bonds is 4. The molecule has 0 bridgehead atoms. The molecule has 2 aromatic rings. The van der Waals surface area contributed by atoms with E-state index >= 15 is 0 Å². The van der Waals surface area contributed by atoms with Crippen LogP contribution in [0.5, 0.6) is 0 Å². The summed E-state index contributed by atoms with van der Waals surface area (Å²) in [7, 11) is 0. The summed E-state index contributed by atoms with van der Waals surface area (Å²) in [4.78, 5) is 0. The van der Waals surface area contributed by atoms with Crippen LogP contribution in [0.4, 0.5) is 4.39 Å². The molecule has 2 aromatic carbocycles. The van der Waals surface area contributed by atoms with E-state index in [4.69, 9.17) is 11.6 Å². The minimum absolute atomic E-state index is 0.219. The lowest BCUT2D eigenvalue weighted by Crippen LogP contribution is -2.16. The summed E-state index contributed by atoms with van der Waals surface area (Å²) < 4.78 is 14.9. The molecule has 0 radical (unpaired) electrons. The minimum atomic E-state index is -0.219. The van der Waals surface area contributed by atoms with Gasteiger partial charge in [-0.05, 0) is 54.3 Å². The molecule has 0 unspecified atom stereocenters. The fourth-order valence-corrected chi connectivity index (χ4v) is 2.77. The van der Waals surface area contributed by atoms with Crippen molar-refractivity contribution in [1.29, 1.82) is 0 Å². The molecule has 0 spiro atoms. The Kier molecular flexibility index (Phi) is 4.11. The molecule has 0 saturated heterocycles. The van der Waals surface area contributed by atoms with Crippen molar-refractivity contribution >= 4 is 27.5 Å². The third-order valence-electron chi connectivity index (χ3n) is 3.44. The topological polar surface area (TPSA) is 12.0 Å². The second-order valence-corrected chi connectivity index (χ2v) is 6.43. The average Bonchev–Trinajstić information content (AvgIpc) is 3.24. The van der Waals surface area contributed by atoms with Crippen molar-refractivity contribution in [3.8, 4) is 11.1 Å². The fourth-order valence-electron chi connectivity index (χ4n) is 2.22. The molecule has 1 N–H and O–H groups in total. The molecule has 1 aliphatic carbocycles. The van der Waals surface area contributed by atoms with E-state index < -0.39 is 0 Å². The molecule has 1 aliphatic rings. The fraction of sp³-hybridized carbons (Fsp3) is 0.250. The Balaban J connectivity index is 1.99. The van der Waals surface area contributed by atoms with Gasteiger partial charge in [-0.1, -0.05) is 33.6 Å². The predicted octanol–water partition coefficient (Wildman–Crippen LogP) is 5.16. The molecule has 1 saturated carbocycles. The van der Waals surface area contributed by atoms with Crippen molar-refractivity contribution < 1.29 is 4.39 Å². The standard InChI is InChI=1S/C16H14BrClFN/c17-11-1-6-16(19)15(8-11)14-5-2-12(18)7-10(14)9-20-13-3-4-13/h1-2,5-8,13,20H,3-4,9H2. The number of hydrogen-bond donors (Lipinski definition) is 1. The summed E-state index contributed by atoms with van der Waals surface area (Å²) in [6, 6.07) is 11.2. The van der Waals surface area contributed by atoms with E-state index in [2.05, 4.69) is 21.2 Å². The first kappa shape index (κ1) is 14.1. The SMILES string of the molecule is Fc1ccc(Br)cc1-c1ccc(Cl)cc1CNC1CC1. The molecule has 1 nitrogen and oxygen atoms in total. The molecule has 0 aliphatic heterocycles. The van der Waals surface area contributed by atoms with E-state index in [0.717, 1.165) is 15.6 Å². The predicted molar refractivity (Wildman–Crippen MR) is 84.4 cm³/mol. The van der Waals surface area contributed by atoms with Crippen molar-refractivity contribution in [2.24, 2.45) is 0 Å². The Bertz CT molecular complexity index is 640. The zero-order valence-corrected chi connectivity index (χ0v) is 13.1. The molecule has 104 valence electrons. The molecule has 0 aromatic heterocycles. The van der Waals surface area contributed by atoms with Crippen LogP contribution in [0.25, 0.3) is 11.1 Å². The highest BCUT2D eigenvalue weighted by Gasteiger charge is 2.21. The lowest BCUT2D eigenvalue weighted by atomic mass is 9.99. The smallest absolute Gasteiger partial charge is 0.131 e. The van der Waals surface area contributed by atoms with Crippen molar-refractivity contribution in [3.63, 3.8) is 0 Å². The number of hydrogen-bond acceptors (Lipinski definition) is 1. The summed E-state index contributed by atoms with van der Waals surface area (Å²) in [6.45, 7) is 0.715. The number of benzene rings is 2. The Morgan fingerprint density at radius 1 is 1.15 bits per heavy atom. The van der Waals surface area contributed by atoms with Gasteiger partial charge >= 0.3 is 0 Å². The van der Waals surface area contributed by atoms with Crippen LogP contribution in [-0.4, -0.2) is 6.04 Å². The summed E-state index contributed by atoms with van der Waals surface area (Å²) in [5.41, 5.74) is 2.52. The van der Waals surface area contributed by atoms with Gasteiger partial charge in [0.2, 0.25) is 0 Å². The van der Waals surface area contributed by atoms with Crippen LogP contribution in [0, 0.1) is 5.82 Å². The minimum Gasteiger partial charge on any atom is -0.310 e. The summed E-state index contributed by atoms with van der Waals surface area (Å²) in [5.74, 6) is -0.219.